The lowest BCUT2D eigenvalue weighted by atomic mass is 10.3. The van der Waals surface area contributed by atoms with E-state index in [1.807, 2.05) is 16.0 Å². The number of piperazine rings is 1. The van der Waals surface area contributed by atoms with E-state index in [2.05, 4.69) is 21.7 Å². The zero-order valence-electron chi connectivity index (χ0n) is 10.5. The molecule has 1 aliphatic heterocycles. The van der Waals surface area contributed by atoms with Crippen LogP contribution in [0.25, 0.3) is 4.96 Å². The van der Waals surface area contributed by atoms with Crippen molar-refractivity contribution in [2.24, 2.45) is 0 Å². The summed E-state index contributed by atoms with van der Waals surface area (Å²) < 4.78 is 1.99. The zero-order chi connectivity index (χ0) is 12.5. The van der Waals surface area contributed by atoms with Gasteiger partial charge in [0.1, 0.15) is 0 Å². The number of fused-ring (bicyclic) bond motifs is 1. The second-order valence-electron chi connectivity index (χ2n) is 4.52. The summed E-state index contributed by atoms with van der Waals surface area (Å²) in [6.45, 7) is 7.48. The molecule has 3 heterocycles. The van der Waals surface area contributed by atoms with Gasteiger partial charge in [0.15, 0.2) is 10.8 Å². The molecule has 6 heteroatoms. The van der Waals surface area contributed by atoms with Crippen LogP contribution in [0.5, 0.6) is 0 Å². The van der Waals surface area contributed by atoms with Crippen LogP contribution in [0.1, 0.15) is 12.6 Å². The maximum Gasteiger partial charge on any atom is 0.195 e. The molecule has 0 bridgehead atoms. The zero-order valence-corrected chi connectivity index (χ0v) is 11.4. The van der Waals surface area contributed by atoms with E-state index < -0.39 is 0 Å². The van der Waals surface area contributed by atoms with Gasteiger partial charge >= 0.3 is 0 Å². The van der Waals surface area contributed by atoms with Crippen molar-refractivity contribution in [2.45, 2.75) is 13.5 Å². The first-order valence-corrected chi connectivity index (χ1v) is 7.24. The minimum atomic E-state index is 0.0429. The Morgan fingerprint density at radius 2 is 2.11 bits per heavy atom. The molecule has 5 nitrogen and oxygen atoms in total. The number of anilines is 1. The van der Waals surface area contributed by atoms with Crippen LogP contribution in [-0.2, 0) is 6.61 Å². The third kappa shape index (κ3) is 1.90. The molecule has 2 aromatic heterocycles. The van der Waals surface area contributed by atoms with E-state index in [-0.39, 0.29) is 6.61 Å². The number of aromatic nitrogens is 2. The molecule has 1 fully saturated rings. The second-order valence-corrected chi connectivity index (χ2v) is 5.39. The highest BCUT2D eigenvalue weighted by Gasteiger charge is 2.22. The topological polar surface area (TPSA) is 44.0 Å². The standard InChI is InChI=1S/C12H18N4OS/c1-2-14-3-5-15(6-4-14)11-10(9-17)16-7-8-18-12(16)13-11/h7-8,17H,2-6,9H2,1H3. The molecule has 1 saturated heterocycles. The predicted molar refractivity (Wildman–Crippen MR) is 73.3 cm³/mol. The summed E-state index contributed by atoms with van der Waals surface area (Å²) in [4.78, 5) is 10.3. The van der Waals surface area contributed by atoms with Crippen LogP contribution >= 0.6 is 11.3 Å². The van der Waals surface area contributed by atoms with Crippen molar-refractivity contribution in [3.8, 4) is 0 Å². The van der Waals surface area contributed by atoms with Crippen molar-refractivity contribution < 1.29 is 5.11 Å². The Kier molecular flexibility index (Phi) is 3.23. The Morgan fingerprint density at radius 1 is 1.33 bits per heavy atom. The van der Waals surface area contributed by atoms with Gasteiger partial charge in [-0.1, -0.05) is 6.92 Å². The van der Waals surface area contributed by atoms with Crippen LogP contribution in [0.3, 0.4) is 0 Å². The van der Waals surface area contributed by atoms with Gasteiger partial charge in [-0.15, -0.1) is 11.3 Å². The van der Waals surface area contributed by atoms with Crippen molar-refractivity contribution in [1.29, 1.82) is 0 Å². The summed E-state index contributed by atoms with van der Waals surface area (Å²) in [6, 6.07) is 0. The highest BCUT2D eigenvalue weighted by molar-refractivity contribution is 7.15. The van der Waals surface area contributed by atoms with Gasteiger partial charge in [0, 0.05) is 37.8 Å². The number of rotatable bonds is 3. The summed E-state index contributed by atoms with van der Waals surface area (Å²) in [5, 5.41) is 11.6. The molecule has 0 radical (unpaired) electrons. The average Bonchev–Trinajstić information content (AvgIpc) is 2.98. The van der Waals surface area contributed by atoms with Gasteiger partial charge in [-0.3, -0.25) is 4.40 Å². The Morgan fingerprint density at radius 3 is 2.78 bits per heavy atom. The SMILES string of the molecule is CCN1CCN(c2nc3sccn3c2CO)CC1. The number of hydrogen-bond donors (Lipinski definition) is 1. The number of nitrogens with zero attached hydrogens (tertiary/aromatic N) is 4. The first-order chi connectivity index (χ1) is 8.83. The molecule has 0 atom stereocenters. The Hall–Kier alpha value is -1.11. The van der Waals surface area contributed by atoms with Gasteiger partial charge in [0.2, 0.25) is 0 Å². The maximum absolute atomic E-state index is 9.56. The molecular weight excluding hydrogens is 248 g/mol. The third-order valence-corrected chi connectivity index (χ3v) is 4.37. The van der Waals surface area contributed by atoms with E-state index in [1.54, 1.807) is 11.3 Å². The molecule has 0 unspecified atom stereocenters. The van der Waals surface area contributed by atoms with Crippen LogP contribution < -0.4 is 4.90 Å². The Balaban J connectivity index is 1.87. The van der Waals surface area contributed by atoms with Crippen molar-refractivity contribution >= 4 is 22.1 Å². The largest absolute Gasteiger partial charge is 0.390 e. The summed E-state index contributed by atoms with van der Waals surface area (Å²) in [7, 11) is 0. The minimum Gasteiger partial charge on any atom is -0.390 e. The fourth-order valence-electron chi connectivity index (χ4n) is 2.50. The number of imidazole rings is 1. The van der Waals surface area contributed by atoms with Crippen LogP contribution in [0, 0.1) is 0 Å². The van der Waals surface area contributed by atoms with Crippen LogP contribution in [0.4, 0.5) is 5.82 Å². The van der Waals surface area contributed by atoms with Crippen molar-refractivity contribution in [2.75, 3.05) is 37.6 Å². The van der Waals surface area contributed by atoms with E-state index in [9.17, 15) is 5.11 Å². The molecule has 98 valence electrons. The van der Waals surface area contributed by atoms with Crippen LogP contribution in [0.15, 0.2) is 11.6 Å². The Labute approximate surface area is 110 Å². The summed E-state index contributed by atoms with van der Waals surface area (Å²) in [5.41, 5.74) is 0.913. The summed E-state index contributed by atoms with van der Waals surface area (Å²) in [5.74, 6) is 0.958. The number of hydrogen-bond acceptors (Lipinski definition) is 5. The third-order valence-electron chi connectivity index (χ3n) is 3.61. The summed E-state index contributed by atoms with van der Waals surface area (Å²) in [6.07, 6.45) is 1.98. The minimum absolute atomic E-state index is 0.0429. The van der Waals surface area contributed by atoms with Gasteiger partial charge in [-0.25, -0.2) is 4.98 Å². The maximum atomic E-state index is 9.56. The van der Waals surface area contributed by atoms with Crippen molar-refractivity contribution in [1.82, 2.24) is 14.3 Å². The molecule has 18 heavy (non-hydrogen) atoms. The first kappa shape index (κ1) is 12.0. The molecule has 2 aromatic rings. The Bertz CT molecular complexity index is 527. The van der Waals surface area contributed by atoms with E-state index in [0.717, 1.165) is 49.2 Å². The molecule has 0 amide bonds. The number of aliphatic hydroxyl groups is 1. The molecule has 0 aromatic carbocycles. The molecule has 0 aliphatic carbocycles. The average molecular weight is 266 g/mol. The molecule has 0 saturated carbocycles. The second kappa shape index (κ2) is 4.87. The fraction of sp³-hybridized carbons (Fsp3) is 0.583. The molecule has 3 rings (SSSR count). The normalized spacial score (nSPS) is 17.8. The number of aliphatic hydroxyl groups excluding tert-OH is 1. The van der Waals surface area contributed by atoms with Crippen LogP contribution in [0.2, 0.25) is 0 Å². The highest BCUT2D eigenvalue weighted by Crippen LogP contribution is 2.25. The van der Waals surface area contributed by atoms with E-state index >= 15 is 0 Å². The lowest BCUT2D eigenvalue weighted by Gasteiger charge is -2.34. The lowest BCUT2D eigenvalue weighted by molar-refractivity contribution is 0.265. The monoisotopic (exact) mass is 266 g/mol. The van der Waals surface area contributed by atoms with Gasteiger partial charge in [-0.2, -0.15) is 0 Å². The molecule has 1 aliphatic rings. The van der Waals surface area contributed by atoms with Gasteiger partial charge < -0.3 is 14.9 Å². The first-order valence-electron chi connectivity index (χ1n) is 6.36. The van der Waals surface area contributed by atoms with Crippen LogP contribution in [-0.4, -0.2) is 52.1 Å². The highest BCUT2D eigenvalue weighted by atomic mass is 32.1. The fourth-order valence-corrected chi connectivity index (χ4v) is 3.23. The number of likely N-dealkylation sites (N-methyl/N-ethyl adjacent to an activating group) is 1. The smallest absolute Gasteiger partial charge is 0.195 e. The lowest BCUT2D eigenvalue weighted by Crippen LogP contribution is -2.46. The van der Waals surface area contributed by atoms with Crippen molar-refractivity contribution in [3.05, 3.63) is 17.3 Å². The molecule has 1 N–H and O–H groups in total. The predicted octanol–water partition coefficient (Wildman–Crippen LogP) is 1.03. The number of thiazole rings is 1. The van der Waals surface area contributed by atoms with E-state index in [1.165, 1.54) is 0 Å². The van der Waals surface area contributed by atoms with Gasteiger partial charge in [0.25, 0.3) is 0 Å². The molecular formula is C12H18N4OS. The van der Waals surface area contributed by atoms with Crippen molar-refractivity contribution in [3.63, 3.8) is 0 Å². The van der Waals surface area contributed by atoms with Gasteiger partial charge in [0.05, 0.1) is 12.3 Å². The molecule has 0 spiro atoms. The quantitative estimate of drug-likeness (QED) is 0.901. The summed E-state index contributed by atoms with van der Waals surface area (Å²) >= 11 is 1.61. The van der Waals surface area contributed by atoms with E-state index in [4.69, 9.17) is 0 Å². The van der Waals surface area contributed by atoms with Gasteiger partial charge in [-0.05, 0) is 6.54 Å². The van der Waals surface area contributed by atoms with E-state index in [0.29, 0.717) is 0 Å².